The molecule has 1 aromatic carbocycles. The van der Waals surface area contributed by atoms with Gasteiger partial charge in [-0.1, -0.05) is 29.6 Å². The number of amides is 1. The minimum absolute atomic E-state index is 0.239. The van der Waals surface area contributed by atoms with Crippen LogP contribution in [0.25, 0.3) is 0 Å². The van der Waals surface area contributed by atoms with Crippen molar-refractivity contribution in [2.24, 2.45) is 0 Å². The molecular formula is C15H14F3N3OS. The molecule has 4 nitrogen and oxygen atoms in total. The molecule has 1 fully saturated rings. The zero-order chi connectivity index (χ0) is 16.6. The summed E-state index contributed by atoms with van der Waals surface area (Å²) in [7, 11) is 0. The summed E-state index contributed by atoms with van der Waals surface area (Å²) >= 11 is 1.00. The second-order valence-corrected chi connectivity index (χ2v) is 6.16. The molecular weight excluding hydrogens is 327 g/mol. The van der Waals surface area contributed by atoms with Crippen molar-refractivity contribution in [3.8, 4) is 0 Å². The molecule has 0 bridgehead atoms. The van der Waals surface area contributed by atoms with Gasteiger partial charge < -0.3 is 5.32 Å². The number of aromatic nitrogens is 2. The predicted molar refractivity (Wildman–Crippen MR) is 79.3 cm³/mol. The fourth-order valence-corrected chi connectivity index (χ4v) is 3.28. The van der Waals surface area contributed by atoms with Crippen molar-refractivity contribution in [2.75, 3.05) is 0 Å². The van der Waals surface area contributed by atoms with Gasteiger partial charge >= 0.3 is 6.18 Å². The van der Waals surface area contributed by atoms with Crippen molar-refractivity contribution in [3.05, 3.63) is 46.0 Å². The number of halogens is 3. The van der Waals surface area contributed by atoms with Gasteiger partial charge in [-0.05, 0) is 36.0 Å². The molecule has 23 heavy (non-hydrogen) atoms. The Morgan fingerprint density at radius 2 is 2.13 bits per heavy atom. The van der Waals surface area contributed by atoms with Gasteiger partial charge in [0.2, 0.25) is 0 Å². The van der Waals surface area contributed by atoms with Crippen LogP contribution in [0.4, 0.5) is 13.2 Å². The molecule has 1 aliphatic carbocycles. The molecule has 1 aliphatic rings. The molecule has 122 valence electrons. The highest BCUT2D eigenvalue weighted by Crippen LogP contribution is 2.46. The molecule has 2 atom stereocenters. The van der Waals surface area contributed by atoms with Crippen LogP contribution < -0.4 is 5.32 Å². The van der Waals surface area contributed by atoms with Crippen molar-refractivity contribution in [2.45, 2.75) is 37.9 Å². The van der Waals surface area contributed by atoms with Gasteiger partial charge in [-0.25, -0.2) is 0 Å². The lowest BCUT2D eigenvalue weighted by molar-refractivity contribution is -0.138. The fraction of sp³-hybridized carbons (Fsp3) is 0.400. The lowest BCUT2D eigenvalue weighted by Crippen LogP contribution is -2.27. The van der Waals surface area contributed by atoms with Gasteiger partial charge in [-0.3, -0.25) is 4.79 Å². The number of carbonyl (C=O) groups is 1. The van der Waals surface area contributed by atoms with E-state index in [0.29, 0.717) is 23.4 Å². The highest BCUT2D eigenvalue weighted by Gasteiger charge is 2.45. The molecule has 0 aliphatic heterocycles. The average Bonchev–Trinajstić information content (AvgIpc) is 3.10. The average molecular weight is 341 g/mol. The van der Waals surface area contributed by atoms with Gasteiger partial charge in [0.05, 0.1) is 11.3 Å². The summed E-state index contributed by atoms with van der Waals surface area (Å²) in [6.07, 6.45) is -3.29. The van der Waals surface area contributed by atoms with Crippen LogP contribution in [0, 0.1) is 0 Å². The monoisotopic (exact) mass is 341 g/mol. The van der Waals surface area contributed by atoms with E-state index in [9.17, 15) is 18.0 Å². The second-order valence-electron chi connectivity index (χ2n) is 5.41. The number of hydrogen-bond acceptors (Lipinski definition) is 4. The van der Waals surface area contributed by atoms with E-state index < -0.39 is 11.7 Å². The Kier molecular flexibility index (Phi) is 4.09. The highest BCUT2D eigenvalue weighted by molar-refractivity contribution is 7.08. The molecule has 1 amide bonds. The Morgan fingerprint density at radius 3 is 2.83 bits per heavy atom. The Morgan fingerprint density at radius 1 is 1.39 bits per heavy atom. The summed E-state index contributed by atoms with van der Waals surface area (Å²) in [5.41, 5.74) is 0.222. The topological polar surface area (TPSA) is 54.9 Å². The van der Waals surface area contributed by atoms with Crippen molar-refractivity contribution in [1.82, 2.24) is 14.9 Å². The molecule has 0 spiro atoms. The van der Waals surface area contributed by atoms with Crippen LogP contribution >= 0.6 is 11.5 Å². The first kappa shape index (κ1) is 15.9. The maximum absolute atomic E-state index is 13.0. The van der Waals surface area contributed by atoms with E-state index >= 15 is 0 Å². The zero-order valence-corrected chi connectivity index (χ0v) is 13.0. The van der Waals surface area contributed by atoms with Crippen LogP contribution in [-0.2, 0) is 12.6 Å². The van der Waals surface area contributed by atoms with Crippen LogP contribution in [0.2, 0.25) is 0 Å². The first-order valence-electron chi connectivity index (χ1n) is 7.20. The third-order valence-corrected chi connectivity index (χ3v) is 4.64. The van der Waals surface area contributed by atoms with Crippen LogP contribution in [0.15, 0.2) is 24.3 Å². The molecule has 1 aromatic heterocycles. The Balaban J connectivity index is 1.73. The summed E-state index contributed by atoms with van der Waals surface area (Å²) in [6, 6.07) is 5.24. The summed E-state index contributed by atoms with van der Waals surface area (Å²) in [4.78, 5) is 12.6. The first-order chi connectivity index (χ1) is 10.9. The van der Waals surface area contributed by atoms with E-state index in [1.807, 2.05) is 6.92 Å². The molecule has 0 radical (unpaired) electrons. The second kappa shape index (κ2) is 5.92. The number of alkyl halides is 3. The standard InChI is InChI=1S/C15H14F3N3OS/c1-2-11-13(23-21-20-11)14(22)19-12-7-9(12)8-5-3-4-6-10(8)15(16,17)18/h3-6,9,12H,2,7H2,1H3,(H,19,22). The molecule has 1 saturated carbocycles. The van der Waals surface area contributed by atoms with E-state index in [1.54, 1.807) is 6.07 Å². The van der Waals surface area contributed by atoms with Gasteiger partial charge in [-0.15, -0.1) is 5.10 Å². The molecule has 3 rings (SSSR count). The maximum atomic E-state index is 13.0. The number of rotatable bonds is 4. The summed E-state index contributed by atoms with van der Waals surface area (Å²) in [5.74, 6) is -0.614. The quantitative estimate of drug-likeness (QED) is 0.927. The smallest absolute Gasteiger partial charge is 0.348 e. The SMILES string of the molecule is CCc1nnsc1C(=O)NC1CC1c1ccccc1C(F)(F)F. The van der Waals surface area contributed by atoms with Gasteiger partial charge in [0.15, 0.2) is 0 Å². The van der Waals surface area contributed by atoms with Crippen molar-refractivity contribution >= 4 is 17.4 Å². The number of nitrogens with one attached hydrogen (secondary N) is 1. The Hall–Kier alpha value is -1.96. The molecule has 1 N–H and O–H groups in total. The minimum atomic E-state index is -4.38. The van der Waals surface area contributed by atoms with E-state index in [0.717, 1.165) is 17.6 Å². The van der Waals surface area contributed by atoms with Gasteiger partial charge in [-0.2, -0.15) is 13.2 Å². The Bertz CT molecular complexity index is 729. The van der Waals surface area contributed by atoms with Crippen LogP contribution in [-0.4, -0.2) is 21.5 Å². The lowest BCUT2D eigenvalue weighted by atomic mass is 10.0. The number of nitrogens with zero attached hydrogens (tertiary/aromatic N) is 2. The van der Waals surface area contributed by atoms with Crippen molar-refractivity contribution < 1.29 is 18.0 Å². The summed E-state index contributed by atoms with van der Waals surface area (Å²) in [5, 5.41) is 6.65. The van der Waals surface area contributed by atoms with Crippen LogP contribution in [0.3, 0.4) is 0 Å². The predicted octanol–water partition coefficient (Wildman–Crippen LogP) is 3.41. The third-order valence-electron chi connectivity index (χ3n) is 3.87. The lowest BCUT2D eigenvalue weighted by Gasteiger charge is -2.12. The number of carbonyl (C=O) groups excluding carboxylic acids is 1. The van der Waals surface area contributed by atoms with E-state index in [2.05, 4.69) is 14.9 Å². The maximum Gasteiger partial charge on any atom is 0.416 e. The molecule has 8 heteroatoms. The molecule has 2 unspecified atom stereocenters. The number of aryl methyl sites for hydroxylation is 1. The largest absolute Gasteiger partial charge is 0.416 e. The molecule has 0 saturated heterocycles. The molecule has 2 aromatic rings. The fourth-order valence-electron chi connectivity index (χ4n) is 2.62. The minimum Gasteiger partial charge on any atom is -0.348 e. The van der Waals surface area contributed by atoms with E-state index in [4.69, 9.17) is 0 Å². The van der Waals surface area contributed by atoms with Gasteiger partial charge in [0.1, 0.15) is 4.88 Å². The van der Waals surface area contributed by atoms with Gasteiger partial charge in [0.25, 0.3) is 5.91 Å². The first-order valence-corrected chi connectivity index (χ1v) is 7.97. The summed E-state index contributed by atoms with van der Waals surface area (Å²) < 4.78 is 42.9. The normalized spacial score (nSPS) is 20.3. The highest BCUT2D eigenvalue weighted by atomic mass is 32.1. The third kappa shape index (κ3) is 3.21. The van der Waals surface area contributed by atoms with Crippen molar-refractivity contribution in [1.29, 1.82) is 0 Å². The summed E-state index contributed by atoms with van der Waals surface area (Å²) in [6.45, 7) is 1.87. The van der Waals surface area contributed by atoms with Gasteiger partial charge in [0, 0.05) is 12.0 Å². The Labute approximate surface area is 134 Å². The van der Waals surface area contributed by atoms with Crippen LogP contribution in [0.5, 0.6) is 0 Å². The number of hydrogen-bond donors (Lipinski definition) is 1. The zero-order valence-electron chi connectivity index (χ0n) is 12.2. The van der Waals surface area contributed by atoms with E-state index in [1.165, 1.54) is 12.1 Å². The molecule has 1 heterocycles. The van der Waals surface area contributed by atoms with Crippen LogP contribution in [0.1, 0.15) is 45.8 Å². The van der Waals surface area contributed by atoms with E-state index in [-0.39, 0.29) is 23.4 Å². The van der Waals surface area contributed by atoms with Crippen molar-refractivity contribution in [3.63, 3.8) is 0 Å². The number of benzene rings is 1.